The van der Waals surface area contributed by atoms with E-state index in [0.29, 0.717) is 24.4 Å². The number of imidazole rings is 1. The molecule has 0 bridgehead atoms. The Balaban J connectivity index is -0.000000494. The molecule has 0 radical (unpaired) electrons. The van der Waals surface area contributed by atoms with Crippen molar-refractivity contribution in [2.24, 2.45) is 5.73 Å². The highest BCUT2D eigenvalue weighted by Crippen LogP contribution is 2.31. The zero-order valence-electron chi connectivity index (χ0n) is 17.6. The first-order chi connectivity index (χ1) is 15.9. The van der Waals surface area contributed by atoms with Gasteiger partial charge in [-0.3, -0.25) is 9.59 Å². The molecule has 1 aromatic heterocycles. The summed E-state index contributed by atoms with van der Waals surface area (Å²) in [6.45, 7) is 5.88. The van der Waals surface area contributed by atoms with Gasteiger partial charge in [-0.1, -0.05) is 25.3 Å². The number of nitrogens with zero attached hydrogens (tertiary/aromatic N) is 1. The fourth-order valence-electron chi connectivity index (χ4n) is 1.63. The van der Waals surface area contributed by atoms with Crippen molar-refractivity contribution in [1.29, 1.82) is 0 Å². The molecule has 1 heterocycles. The molecule has 0 spiro atoms. The fourth-order valence-corrected chi connectivity index (χ4v) is 1.63. The first kappa shape index (κ1) is 34.2. The Bertz CT molecular complexity index is 875. The predicted molar refractivity (Wildman–Crippen MR) is 115 cm³/mol. The summed E-state index contributed by atoms with van der Waals surface area (Å²) in [7, 11) is 0. The third-order valence-corrected chi connectivity index (χ3v) is 2.85. The van der Waals surface area contributed by atoms with Crippen LogP contribution in [0.25, 0.3) is 11.4 Å². The molecule has 0 amide bonds. The zero-order valence-corrected chi connectivity index (χ0v) is 17.6. The van der Waals surface area contributed by atoms with Gasteiger partial charge in [-0.2, -0.15) is 13.2 Å². The molecule has 1 aromatic carbocycles. The van der Waals surface area contributed by atoms with E-state index in [2.05, 4.69) is 23.1 Å². The van der Waals surface area contributed by atoms with Crippen molar-refractivity contribution in [3.8, 4) is 11.4 Å². The van der Waals surface area contributed by atoms with Crippen molar-refractivity contribution in [2.75, 3.05) is 6.54 Å². The number of aliphatic carboxylic acids is 2. The number of aromatic amines is 1. The normalized spacial score (nSPS) is 8.82. The standard InChI is InChI=1S/C12H12F3N3.2C3H4O2.2CH2O2/c13-12(14,15)9-3-1-2-8(6-9)11-17-7-10(18-11)4-5-16;2*1-2-3(4)5;2*2-1-3/h1-3,6-7H,4-5,16H2,(H,17,18);2*2H,1H2,(H,4,5);2*1H,(H,2,3). The number of benzene rings is 1. The molecular formula is C20H24F3N3O8. The second kappa shape index (κ2) is 20.4. The van der Waals surface area contributed by atoms with Gasteiger partial charge >= 0.3 is 18.1 Å². The van der Waals surface area contributed by atoms with Crippen LogP contribution in [0.3, 0.4) is 0 Å². The molecule has 0 fully saturated rings. The van der Waals surface area contributed by atoms with Gasteiger partial charge in [-0.25, -0.2) is 14.6 Å². The Morgan fingerprint density at radius 3 is 1.85 bits per heavy atom. The molecule has 0 aliphatic heterocycles. The summed E-state index contributed by atoms with van der Waals surface area (Å²) < 4.78 is 37.7. The first-order valence-corrected chi connectivity index (χ1v) is 8.66. The van der Waals surface area contributed by atoms with Gasteiger partial charge in [0.1, 0.15) is 5.82 Å². The van der Waals surface area contributed by atoms with E-state index in [4.69, 9.17) is 35.7 Å². The van der Waals surface area contributed by atoms with Gasteiger partial charge in [0.15, 0.2) is 0 Å². The SMILES string of the molecule is C=CC(=O)O.C=CC(=O)O.NCCc1cnc(-c2cccc(C(F)(F)F)c2)[nH]1.O=CO.O=CO. The quantitative estimate of drug-likeness (QED) is 0.266. The molecule has 11 nitrogen and oxygen atoms in total. The van der Waals surface area contributed by atoms with E-state index >= 15 is 0 Å². The van der Waals surface area contributed by atoms with E-state index in [1.165, 1.54) is 6.07 Å². The van der Waals surface area contributed by atoms with E-state index in [1.54, 1.807) is 12.3 Å². The number of nitrogens with one attached hydrogen (secondary N) is 1. The van der Waals surface area contributed by atoms with Crippen molar-refractivity contribution < 1.29 is 52.8 Å². The summed E-state index contributed by atoms with van der Waals surface area (Å²) in [5.74, 6) is -1.54. The Morgan fingerprint density at radius 1 is 1.06 bits per heavy atom. The highest BCUT2D eigenvalue weighted by Gasteiger charge is 2.30. The van der Waals surface area contributed by atoms with Crippen LogP contribution in [-0.4, -0.2) is 61.8 Å². The summed E-state index contributed by atoms with van der Waals surface area (Å²) in [6.07, 6.45) is -0.475. The highest BCUT2D eigenvalue weighted by atomic mass is 19.4. The number of hydrogen-bond donors (Lipinski definition) is 6. The van der Waals surface area contributed by atoms with Gasteiger partial charge in [0.2, 0.25) is 0 Å². The first-order valence-electron chi connectivity index (χ1n) is 8.66. The minimum atomic E-state index is -4.34. The maximum absolute atomic E-state index is 12.6. The summed E-state index contributed by atoms with van der Waals surface area (Å²) in [6, 6.07) is 5.06. The van der Waals surface area contributed by atoms with Crippen LogP contribution in [0, 0.1) is 0 Å². The molecule has 188 valence electrons. The molecule has 0 atom stereocenters. The number of halogens is 3. The number of carboxylic acid groups (broad SMARTS) is 4. The van der Waals surface area contributed by atoms with Crippen LogP contribution in [0.1, 0.15) is 11.3 Å². The highest BCUT2D eigenvalue weighted by molar-refractivity contribution is 5.79. The predicted octanol–water partition coefficient (Wildman–Crippen LogP) is 2.51. The van der Waals surface area contributed by atoms with E-state index in [9.17, 15) is 22.8 Å². The van der Waals surface area contributed by atoms with Crippen LogP contribution < -0.4 is 5.73 Å². The van der Waals surface area contributed by atoms with Crippen LogP contribution in [0.4, 0.5) is 13.2 Å². The van der Waals surface area contributed by atoms with E-state index < -0.39 is 23.7 Å². The number of hydrogen-bond acceptors (Lipinski definition) is 6. The van der Waals surface area contributed by atoms with Gasteiger partial charge in [0.25, 0.3) is 12.9 Å². The Labute approximate surface area is 191 Å². The zero-order chi connectivity index (χ0) is 27.2. The monoisotopic (exact) mass is 491 g/mol. The molecule has 34 heavy (non-hydrogen) atoms. The number of carbonyl (C=O) groups is 4. The maximum Gasteiger partial charge on any atom is 0.416 e. The average Bonchev–Trinajstić information content (AvgIpc) is 3.24. The van der Waals surface area contributed by atoms with Gasteiger partial charge in [-0.05, 0) is 18.7 Å². The lowest BCUT2D eigenvalue weighted by Gasteiger charge is -2.07. The third kappa shape index (κ3) is 19.5. The summed E-state index contributed by atoms with van der Waals surface area (Å²) >= 11 is 0. The number of carboxylic acids is 2. The minimum absolute atomic E-state index is 0.250. The fraction of sp³-hybridized carbons (Fsp3) is 0.150. The molecule has 2 aromatic rings. The second-order valence-corrected chi connectivity index (χ2v) is 5.17. The van der Waals surface area contributed by atoms with Crippen LogP contribution in [0.2, 0.25) is 0 Å². The van der Waals surface area contributed by atoms with Crippen LogP contribution in [0.5, 0.6) is 0 Å². The number of alkyl halides is 3. The molecule has 0 aliphatic carbocycles. The topological polar surface area (TPSA) is 204 Å². The van der Waals surface area contributed by atoms with E-state index in [0.717, 1.165) is 30.0 Å². The number of rotatable bonds is 5. The van der Waals surface area contributed by atoms with Crippen molar-refractivity contribution in [1.82, 2.24) is 9.97 Å². The van der Waals surface area contributed by atoms with Gasteiger partial charge < -0.3 is 31.1 Å². The smallest absolute Gasteiger partial charge is 0.416 e. The molecule has 14 heteroatoms. The number of nitrogens with two attached hydrogens (primary N) is 1. The Morgan fingerprint density at radius 2 is 1.50 bits per heavy atom. The molecule has 0 aliphatic rings. The molecule has 0 saturated heterocycles. The number of aromatic nitrogens is 2. The average molecular weight is 491 g/mol. The van der Waals surface area contributed by atoms with Crippen LogP contribution in [0.15, 0.2) is 55.8 Å². The van der Waals surface area contributed by atoms with Crippen molar-refractivity contribution in [3.63, 3.8) is 0 Å². The van der Waals surface area contributed by atoms with Crippen molar-refractivity contribution in [3.05, 3.63) is 67.0 Å². The van der Waals surface area contributed by atoms with Gasteiger partial charge in [-0.15, -0.1) is 0 Å². The lowest BCUT2D eigenvalue weighted by Crippen LogP contribution is -2.04. The van der Waals surface area contributed by atoms with Crippen molar-refractivity contribution >= 4 is 24.9 Å². The molecule has 0 unspecified atom stereocenters. The molecule has 0 saturated carbocycles. The van der Waals surface area contributed by atoms with Gasteiger partial charge in [0, 0.05) is 36.0 Å². The lowest BCUT2D eigenvalue weighted by molar-refractivity contribution is -0.137. The second-order valence-electron chi connectivity index (χ2n) is 5.17. The molecule has 2 rings (SSSR count). The molecular weight excluding hydrogens is 467 g/mol. The Kier molecular flexibility index (Phi) is 20.5. The summed E-state index contributed by atoms with van der Waals surface area (Å²) in [5.41, 5.74) is 5.93. The maximum atomic E-state index is 12.6. The minimum Gasteiger partial charge on any atom is -0.483 e. The van der Waals surface area contributed by atoms with E-state index in [1.807, 2.05) is 0 Å². The summed E-state index contributed by atoms with van der Waals surface area (Å²) in [5, 5.41) is 29.0. The lowest BCUT2D eigenvalue weighted by atomic mass is 10.1. The molecule has 7 N–H and O–H groups in total. The number of H-pyrrole nitrogens is 1. The third-order valence-electron chi connectivity index (χ3n) is 2.85. The largest absolute Gasteiger partial charge is 0.483 e. The van der Waals surface area contributed by atoms with E-state index in [-0.39, 0.29) is 12.9 Å². The van der Waals surface area contributed by atoms with Crippen LogP contribution >= 0.6 is 0 Å². The Hall–Kier alpha value is -4.46. The summed E-state index contributed by atoms with van der Waals surface area (Å²) in [4.78, 5) is 42.2. The van der Waals surface area contributed by atoms with Gasteiger partial charge in [0.05, 0.1) is 5.56 Å². The van der Waals surface area contributed by atoms with Crippen LogP contribution in [-0.2, 0) is 31.8 Å². The van der Waals surface area contributed by atoms with Crippen molar-refractivity contribution in [2.45, 2.75) is 12.6 Å².